The van der Waals surface area contributed by atoms with Gasteiger partial charge >= 0.3 is 0 Å². The normalized spacial score (nSPS) is 11.5. The molecule has 0 saturated heterocycles. The van der Waals surface area contributed by atoms with Gasteiger partial charge in [-0.05, 0) is 144 Å². The maximum absolute atomic E-state index is 13.6. The molecule has 0 N–H and O–H groups in total. The van der Waals surface area contributed by atoms with Gasteiger partial charge in [0.2, 0.25) is 19.7 Å². The van der Waals surface area contributed by atoms with Gasteiger partial charge in [-0.1, -0.05) is 133 Å². The Morgan fingerprint density at radius 3 is 1.09 bits per heavy atom. The van der Waals surface area contributed by atoms with Crippen LogP contribution in [0.15, 0.2) is 244 Å². The highest BCUT2D eigenvalue weighted by molar-refractivity contribution is 7.91. The molecule has 9 aromatic rings. The molecule has 9 rings (SSSR count). The lowest BCUT2D eigenvalue weighted by molar-refractivity contribution is 0.483. The SMILES string of the molecule is Cc1ccc(S(=O)(=O)c2ccc(Oc3ccc(-c4ccc(Oc5ccc(S(=O)(=O)c6ccc(Cc7ccccc7)cc6)cc5)c(-c5ccccc5)c4)cc3-c3ccccc3)cc2)cc1. The van der Waals surface area contributed by atoms with Crippen LogP contribution in [0, 0.1) is 6.92 Å². The zero-order valence-electron chi connectivity index (χ0n) is 34.8. The molecule has 64 heavy (non-hydrogen) atoms. The minimum Gasteiger partial charge on any atom is -0.457 e. The van der Waals surface area contributed by atoms with Crippen LogP contribution in [0.25, 0.3) is 33.4 Å². The topological polar surface area (TPSA) is 86.7 Å². The first kappa shape index (κ1) is 41.8. The van der Waals surface area contributed by atoms with E-state index in [0.29, 0.717) is 23.0 Å². The average Bonchev–Trinajstić information content (AvgIpc) is 3.33. The van der Waals surface area contributed by atoms with E-state index in [1.54, 1.807) is 84.9 Å². The highest BCUT2D eigenvalue weighted by Crippen LogP contribution is 2.41. The van der Waals surface area contributed by atoms with Gasteiger partial charge in [0.05, 0.1) is 19.6 Å². The smallest absolute Gasteiger partial charge is 0.206 e. The largest absolute Gasteiger partial charge is 0.457 e. The zero-order chi connectivity index (χ0) is 44.1. The van der Waals surface area contributed by atoms with Crippen LogP contribution >= 0.6 is 0 Å². The summed E-state index contributed by atoms with van der Waals surface area (Å²) in [5.41, 5.74) is 8.67. The highest BCUT2D eigenvalue weighted by Gasteiger charge is 2.20. The van der Waals surface area contributed by atoms with E-state index < -0.39 is 19.7 Å². The number of hydrogen-bond donors (Lipinski definition) is 0. The molecule has 0 aromatic heterocycles. The summed E-state index contributed by atoms with van der Waals surface area (Å²) in [7, 11) is -7.44. The van der Waals surface area contributed by atoms with Crippen molar-refractivity contribution in [3.8, 4) is 56.4 Å². The molecule has 0 atom stereocenters. The molecule has 0 aliphatic heterocycles. The van der Waals surface area contributed by atoms with Crippen LogP contribution in [-0.2, 0) is 26.1 Å². The van der Waals surface area contributed by atoms with E-state index in [4.69, 9.17) is 9.47 Å². The van der Waals surface area contributed by atoms with Crippen molar-refractivity contribution in [1.29, 1.82) is 0 Å². The van der Waals surface area contributed by atoms with E-state index in [0.717, 1.165) is 56.5 Å². The van der Waals surface area contributed by atoms with Crippen molar-refractivity contribution in [3.63, 3.8) is 0 Å². The summed E-state index contributed by atoms with van der Waals surface area (Å²) < 4.78 is 66.9. The molecule has 0 bridgehead atoms. The number of rotatable bonds is 13. The molecule has 314 valence electrons. The highest BCUT2D eigenvalue weighted by atomic mass is 32.2. The maximum atomic E-state index is 13.6. The minimum atomic E-state index is -3.75. The summed E-state index contributed by atoms with van der Waals surface area (Å²) in [6, 6.07) is 68.9. The lowest BCUT2D eigenvalue weighted by atomic mass is 9.95. The monoisotopic (exact) mass is 874 g/mol. The molecule has 0 spiro atoms. The van der Waals surface area contributed by atoms with E-state index in [2.05, 4.69) is 24.3 Å². The molecule has 8 heteroatoms. The fourth-order valence-corrected chi connectivity index (χ4v) is 10.0. The Bertz CT molecular complexity index is 3260. The van der Waals surface area contributed by atoms with Crippen molar-refractivity contribution in [3.05, 3.63) is 241 Å². The van der Waals surface area contributed by atoms with Crippen molar-refractivity contribution < 1.29 is 26.3 Å². The second-order valence-electron chi connectivity index (χ2n) is 15.4. The van der Waals surface area contributed by atoms with Crippen molar-refractivity contribution in [2.45, 2.75) is 32.9 Å². The second kappa shape index (κ2) is 18.1. The third kappa shape index (κ3) is 9.15. The van der Waals surface area contributed by atoms with Crippen LogP contribution in [0.5, 0.6) is 23.0 Å². The first-order chi connectivity index (χ1) is 31.1. The van der Waals surface area contributed by atoms with Gasteiger partial charge in [0.25, 0.3) is 0 Å². The number of benzene rings is 9. The Balaban J connectivity index is 0.978. The van der Waals surface area contributed by atoms with Gasteiger partial charge in [-0.3, -0.25) is 0 Å². The molecule has 0 fully saturated rings. The predicted molar refractivity (Wildman–Crippen MR) is 254 cm³/mol. The van der Waals surface area contributed by atoms with Gasteiger partial charge in [-0.25, -0.2) is 16.8 Å². The molecule has 0 amide bonds. The number of hydrogen-bond acceptors (Lipinski definition) is 6. The Hall–Kier alpha value is -7.52. The molecule has 6 nitrogen and oxygen atoms in total. The van der Waals surface area contributed by atoms with Gasteiger partial charge < -0.3 is 9.47 Å². The standard InChI is InChI=1S/C56H42O6S2/c1-40-17-27-49(28-18-40)63(57,58)51-31-23-47(24-32-51)61-55-35-21-45(38-53(55)43-13-7-3-8-14-43)46-22-36-56(54(39-46)44-15-9-4-10-16-44)62-48-25-33-52(34-26-48)64(59,60)50-29-19-42(20-30-50)37-41-11-5-2-6-12-41/h2-36,38-39H,37H2,1H3. The minimum absolute atomic E-state index is 0.180. The number of aryl methyl sites for hydroxylation is 1. The first-order valence-electron chi connectivity index (χ1n) is 20.8. The molecule has 0 radical (unpaired) electrons. The maximum Gasteiger partial charge on any atom is 0.206 e. The Morgan fingerprint density at radius 2 is 0.688 bits per heavy atom. The van der Waals surface area contributed by atoms with E-state index in [-0.39, 0.29) is 19.6 Å². The summed E-state index contributed by atoms with van der Waals surface area (Å²) in [6.07, 6.45) is 0.722. The summed E-state index contributed by atoms with van der Waals surface area (Å²) >= 11 is 0. The molecule has 0 heterocycles. The Kier molecular flexibility index (Phi) is 11.8. The molecular formula is C56H42O6S2. The third-order valence-electron chi connectivity index (χ3n) is 11.0. The first-order valence-corrected chi connectivity index (χ1v) is 23.7. The van der Waals surface area contributed by atoms with E-state index in [9.17, 15) is 16.8 Å². The molecule has 9 aromatic carbocycles. The quantitative estimate of drug-likeness (QED) is 0.115. The van der Waals surface area contributed by atoms with Crippen molar-refractivity contribution in [2.24, 2.45) is 0 Å². The van der Waals surface area contributed by atoms with E-state index >= 15 is 0 Å². The summed E-state index contributed by atoms with van der Waals surface area (Å²) in [5.74, 6) is 2.21. The van der Waals surface area contributed by atoms with Gasteiger partial charge in [0, 0.05) is 11.1 Å². The summed E-state index contributed by atoms with van der Waals surface area (Å²) in [6.45, 7) is 1.92. The van der Waals surface area contributed by atoms with Crippen LogP contribution < -0.4 is 9.47 Å². The molecule has 0 aliphatic rings. The number of ether oxygens (including phenoxy) is 2. The predicted octanol–water partition coefficient (Wildman–Crippen LogP) is 13.8. The number of sulfone groups is 2. The van der Waals surface area contributed by atoms with Crippen molar-refractivity contribution >= 4 is 19.7 Å². The van der Waals surface area contributed by atoms with E-state index in [1.165, 1.54) is 0 Å². The molecule has 0 saturated carbocycles. The average molecular weight is 875 g/mol. The Labute approximate surface area is 374 Å². The third-order valence-corrected chi connectivity index (χ3v) is 14.6. The zero-order valence-corrected chi connectivity index (χ0v) is 36.5. The van der Waals surface area contributed by atoms with Gasteiger partial charge in [-0.2, -0.15) is 0 Å². The lowest BCUT2D eigenvalue weighted by Crippen LogP contribution is -2.02. The molecular weight excluding hydrogens is 833 g/mol. The van der Waals surface area contributed by atoms with Gasteiger partial charge in [-0.15, -0.1) is 0 Å². The van der Waals surface area contributed by atoms with E-state index in [1.807, 2.05) is 122 Å². The van der Waals surface area contributed by atoms with Gasteiger partial charge in [0.1, 0.15) is 23.0 Å². The van der Waals surface area contributed by atoms with Crippen molar-refractivity contribution in [2.75, 3.05) is 0 Å². The van der Waals surface area contributed by atoms with Crippen LogP contribution in [0.1, 0.15) is 16.7 Å². The molecule has 0 unspecified atom stereocenters. The fraction of sp³-hybridized carbons (Fsp3) is 0.0357. The lowest BCUT2D eigenvalue weighted by Gasteiger charge is -2.16. The Morgan fingerprint density at radius 1 is 0.344 bits per heavy atom. The summed E-state index contributed by atoms with van der Waals surface area (Å²) in [5, 5.41) is 0. The van der Waals surface area contributed by atoms with Crippen molar-refractivity contribution in [1.82, 2.24) is 0 Å². The van der Waals surface area contributed by atoms with Crippen LogP contribution in [-0.4, -0.2) is 16.8 Å². The molecule has 0 aliphatic carbocycles. The van der Waals surface area contributed by atoms with Crippen LogP contribution in [0.3, 0.4) is 0 Å². The van der Waals surface area contributed by atoms with Gasteiger partial charge in [0.15, 0.2) is 0 Å². The second-order valence-corrected chi connectivity index (χ2v) is 19.3. The van der Waals surface area contributed by atoms with Crippen LogP contribution in [0.2, 0.25) is 0 Å². The fourth-order valence-electron chi connectivity index (χ4n) is 7.52. The summed E-state index contributed by atoms with van der Waals surface area (Å²) in [4.78, 5) is 0.837. The van der Waals surface area contributed by atoms with Crippen LogP contribution in [0.4, 0.5) is 0 Å².